The third kappa shape index (κ3) is 3.72. The first-order valence-electron chi connectivity index (χ1n) is 5.22. The van der Waals surface area contributed by atoms with Crippen LogP contribution in [0.3, 0.4) is 0 Å². The first-order valence-corrected chi connectivity index (χ1v) is 6.10. The van der Waals surface area contributed by atoms with Crippen LogP contribution in [0.4, 0.5) is 0 Å². The molecule has 3 nitrogen and oxygen atoms in total. The zero-order chi connectivity index (χ0) is 11.4. The van der Waals surface area contributed by atoms with Crippen molar-refractivity contribution in [3.63, 3.8) is 0 Å². The summed E-state index contributed by atoms with van der Waals surface area (Å²) in [5.74, 6) is 0.557. The number of aryl methyl sites for hydroxylation is 1. The van der Waals surface area contributed by atoms with E-state index in [1.807, 2.05) is 6.92 Å². The molecule has 0 radical (unpaired) electrons. The minimum absolute atomic E-state index is 0.0278. The van der Waals surface area contributed by atoms with Gasteiger partial charge in [0.2, 0.25) is 0 Å². The zero-order valence-corrected chi connectivity index (χ0v) is 10.3. The van der Waals surface area contributed by atoms with Crippen LogP contribution in [-0.4, -0.2) is 16.8 Å². The van der Waals surface area contributed by atoms with Crippen LogP contribution < -0.4 is 5.73 Å². The normalized spacial score (nSPS) is 13.1. The van der Waals surface area contributed by atoms with Gasteiger partial charge >= 0.3 is 0 Å². The van der Waals surface area contributed by atoms with Crippen LogP contribution in [0.2, 0.25) is 0 Å². The Labute approximate surface area is 94.7 Å². The Kier molecular flexibility index (Phi) is 4.42. The number of hydrogen-bond donors (Lipinski definition) is 1. The monoisotopic (exact) mass is 226 g/mol. The molecule has 1 rings (SSSR count). The van der Waals surface area contributed by atoms with E-state index in [1.165, 1.54) is 11.3 Å². The van der Waals surface area contributed by atoms with Gasteiger partial charge in [0.1, 0.15) is 5.69 Å². The largest absolute Gasteiger partial charge is 0.321 e. The van der Waals surface area contributed by atoms with Crippen molar-refractivity contribution in [2.45, 2.75) is 39.7 Å². The van der Waals surface area contributed by atoms with Gasteiger partial charge in [-0.05, 0) is 25.7 Å². The van der Waals surface area contributed by atoms with E-state index in [0.717, 1.165) is 17.8 Å². The molecule has 0 aliphatic rings. The van der Waals surface area contributed by atoms with Crippen molar-refractivity contribution in [2.24, 2.45) is 11.7 Å². The summed E-state index contributed by atoms with van der Waals surface area (Å²) in [5.41, 5.74) is 6.34. The van der Waals surface area contributed by atoms with Crippen molar-refractivity contribution in [1.29, 1.82) is 0 Å². The quantitative estimate of drug-likeness (QED) is 0.784. The molecular weight excluding hydrogens is 208 g/mol. The fraction of sp³-hybridized carbons (Fsp3) is 0.636. The Balaban J connectivity index is 2.53. The molecule has 2 N–H and O–H groups in total. The van der Waals surface area contributed by atoms with Crippen molar-refractivity contribution in [3.8, 4) is 0 Å². The zero-order valence-electron chi connectivity index (χ0n) is 9.49. The maximum absolute atomic E-state index is 11.8. The summed E-state index contributed by atoms with van der Waals surface area (Å²) in [7, 11) is 0. The van der Waals surface area contributed by atoms with E-state index in [9.17, 15) is 4.79 Å². The molecule has 1 aromatic rings. The SMILES string of the molecule is Cc1nc(C(=O)C(N)CCC(C)C)cs1. The summed E-state index contributed by atoms with van der Waals surface area (Å²) in [5, 5.41) is 2.70. The predicted octanol–water partition coefficient (Wildman–Crippen LogP) is 2.40. The molecule has 0 aliphatic carbocycles. The Morgan fingerprint density at radius 2 is 2.20 bits per heavy atom. The van der Waals surface area contributed by atoms with Crippen molar-refractivity contribution >= 4 is 17.1 Å². The van der Waals surface area contributed by atoms with Crippen LogP contribution in [0.25, 0.3) is 0 Å². The van der Waals surface area contributed by atoms with E-state index in [2.05, 4.69) is 18.8 Å². The van der Waals surface area contributed by atoms with Gasteiger partial charge in [-0.15, -0.1) is 11.3 Å². The third-order valence-corrected chi connectivity index (χ3v) is 3.04. The van der Waals surface area contributed by atoms with Crippen LogP contribution in [0, 0.1) is 12.8 Å². The first-order chi connectivity index (χ1) is 7.00. The van der Waals surface area contributed by atoms with E-state index in [0.29, 0.717) is 11.6 Å². The molecule has 0 aromatic carbocycles. The van der Waals surface area contributed by atoms with Crippen LogP contribution in [-0.2, 0) is 0 Å². The van der Waals surface area contributed by atoms with E-state index in [-0.39, 0.29) is 5.78 Å². The minimum atomic E-state index is -0.395. The lowest BCUT2D eigenvalue weighted by Gasteiger charge is -2.10. The summed E-state index contributed by atoms with van der Waals surface area (Å²) in [6.07, 6.45) is 1.73. The molecule has 0 saturated carbocycles. The number of nitrogens with zero attached hydrogens (tertiary/aromatic N) is 1. The summed E-state index contributed by atoms with van der Waals surface area (Å²) in [6.45, 7) is 6.15. The van der Waals surface area contributed by atoms with Gasteiger partial charge in [0.05, 0.1) is 11.0 Å². The van der Waals surface area contributed by atoms with Gasteiger partial charge in [-0.2, -0.15) is 0 Å². The molecule has 4 heteroatoms. The summed E-state index contributed by atoms with van der Waals surface area (Å²) in [4.78, 5) is 15.9. The highest BCUT2D eigenvalue weighted by molar-refractivity contribution is 7.09. The number of Topliss-reactive ketones (excluding diaryl/α,β-unsaturated/α-hetero) is 1. The Morgan fingerprint density at radius 1 is 1.53 bits per heavy atom. The smallest absolute Gasteiger partial charge is 0.198 e. The van der Waals surface area contributed by atoms with Crippen molar-refractivity contribution < 1.29 is 4.79 Å². The van der Waals surface area contributed by atoms with Crippen LogP contribution in [0.5, 0.6) is 0 Å². The molecule has 0 amide bonds. The molecular formula is C11H18N2OS. The number of nitrogens with two attached hydrogens (primary N) is 1. The van der Waals surface area contributed by atoms with Gasteiger partial charge in [0.15, 0.2) is 5.78 Å². The summed E-state index contributed by atoms with van der Waals surface area (Å²) >= 11 is 1.49. The Hall–Kier alpha value is -0.740. The molecule has 0 spiro atoms. The molecule has 0 bridgehead atoms. The number of aromatic nitrogens is 1. The van der Waals surface area contributed by atoms with Crippen LogP contribution >= 0.6 is 11.3 Å². The lowest BCUT2D eigenvalue weighted by molar-refractivity contribution is 0.0950. The lowest BCUT2D eigenvalue weighted by Crippen LogP contribution is -2.31. The number of hydrogen-bond acceptors (Lipinski definition) is 4. The second-order valence-electron chi connectivity index (χ2n) is 4.19. The van der Waals surface area contributed by atoms with Crippen LogP contribution in [0.15, 0.2) is 5.38 Å². The van der Waals surface area contributed by atoms with Gasteiger partial charge in [-0.25, -0.2) is 4.98 Å². The average molecular weight is 226 g/mol. The van der Waals surface area contributed by atoms with Crippen molar-refractivity contribution in [2.75, 3.05) is 0 Å². The van der Waals surface area contributed by atoms with E-state index in [1.54, 1.807) is 5.38 Å². The number of rotatable bonds is 5. The van der Waals surface area contributed by atoms with Gasteiger partial charge in [0, 0.05) is 5.38 Å². The molecule has 1 unspecified atom stereocenters. The molecule has 84 valence electrons. The third-order valence-electron chi connectivity index (χ3n) is 2.26. The highest BCUT2D eigenvalue weighted by atomic mass is 32.1. The second-order valence-corrected chi connectivity index (χ2v) is 5.26. The summed E-state index contributed by atoms with van der Waals surface area (Å²) < 4.78 is 0. The average Bonchev–Trinajstić information content (AvgIpc) is 2.60. The highest BCUT2D eigenvalue weighted by Crippen LogP contribution is 2.13. The molecule has 15 heavy (non-hydrogen) atoms. The lowest BCUT2D eigenvalue weighted by atomic mass is 10.0. The number of ketones is 1. The molecule has 1 heterocycles. The van der Waals surface area contributed by atoms with E-state index in [4.69, 9.17) is 5.73 Å². The Bertz CT molecular complexity index is 333. The van der Waals surface area contributed by atoms with Crippen LogP contribution in [0.1, 0.15) is 42.2 Å². The standard InChI is InChI=1S/C11H18N2OS/c1-7(2)4-5-9(12)11(14)10-6-15-8(3)13-10/h6-7,9H,4-5,12H2,1-3H3. The van der Waals surface area contributed by atoms with Gasteiger partial charge < -0.3 is 5.73 Å². The van der Waals surface area contributed by atoms with Crippen molar-refractivity contribution in [3.05, 3.63) is 16.1 Å². The molecule has 0 saturated heterocycles. The van der Waals surface area contributed by atoms with Gasteiger partial charge in [-0.1, -0.05) is 13.8 Å². The minimum Gasteiger partial charge on any atom is -0.321 e. The van der Waals surface area contributed by atoms with E-state index >= 15 is 0 Å². The van der Waals surface area contributed by atoms with Gasteiger partial charge in [-0.3, -0.25) is 4.79 Å². The predicted molar refractivity (Wildman–Crippen MR) is 63.2 cm³/mol. The maximum Gasteiger partial charge on any atom is 0.198 e. The fourth-order valence-corrected chi connectivity index (χ4v) is 1.91. The molecule has 0 aliphatic heterocycles. The maximum atomic E-state index is 11.8. The van der Waals surface area contributed by atoms with E-state index < -0.39 is 6.04 Å². The number of carbonyl (C=O) groups is 1. The van der Waals surface area contributed by atoms with Crippen molar-refractivity contribution in [1.82, 2.24) is 4.98 Å². The van der Waals surface area contributed by atoms with Gasteiger partial charge in [0.25, 0.3) is 0 Å². The number of thiazole rings is 1. The topological polar surface area (TPSA) is 56.0 Å². The first kappa shape index (κ1) is 12.3. The highest BCUT2D eigenvalue weighted by Gasteiger charge is 2.18. The second kappa shape index (κ2) is 5.37. The summed E-state index contributed by atoms with van der Waals surface area (Å²) in [6, 6.07) is -0.395. The molecule has 1 atom stereocenters. The fourth-order valence-electron chi connectivity index (χ4n) is 1.31. The molecule has 1 aromatic heterocycles. The number of carbonyl (C=O) groups excluding carboxylic acids is 1. The Morgan fingerprint density at radius 3 is 2.67 bits per heavy atom. The molecule has 0 fully saturated rings.